The van der Waals surface area contributed by atoms with E-state index >= 15 is 0 Å². The maximum Gasteiger partial charge on any atom is 0.216 e. The van der Waals surface area contributed by atoms with Crippen LogP contribution in [-0.4, -0.2) is 23.6 Å². The Morgan fingerprint density at radius 3 is 2.71 bits per heavy atom. The van der Waals surface area contributed by atoms with Crippen LogP contribution >= 0.6 is 0 Å². The lowest BCUT2D eigenvalue weighted by Crippen LogP contribution is -2.25. The van der Waals surface area contributed by atoms with Crippen LogP contribution in [-0.2, 0) is 0 Å². The third kappa shape index (κ3) is 3.79. The van der Waals surface area contributed by atoms with Gasteiger partial charge in [0, 0.05) is 6.07 Å². The van der Waals surface area contributed by atoms with Crippen LogP contribution in [0.1, 0.15) is 41.8 Å². The van der Waals surface area contributed by atoms with Crippen molar-refractivity contribution in [2.45, 2.75) is 33.2 Å². The van der Waals surface area contributed by atoms with Crippen LogP contribution in [0.15, 0.2) is 30.6 Å². The van der Waals surface area contributed by atoms with Crippen molar-refractivity contribution in [3.63, 3.8) is 0 Å². The van der Waals surface area contributed by atoms with Crippen molar-refractivity contribution < 1.29 is 4.74 Å². The van der Waals surface area contributed by atoms with Crippen molar-refractivity contribution in [2.75, 3.05) is 13.7 Å². The summed E-state index contributed by atoms with van der Waals surface area (Å²) in [6.07, 6.45) is 2.63. The summed E-state index contributed by atoms with van der Waals surface area (Å²) in [5.41, 5.74) is 4.69. The number of hydrogen-bond acceptors (Lipinski definition) is 4. The molecule has 0 aliphatic heterocycles. The number of benzene rings is 1. The second kappa shape index (κ2) is 7.18. The van der Waals surface area contributed by atoms with E-state index in [4.69, 9.17) is 4.74 Å². The van der Waals surface area contributed by atoms with Crippen LogP contribution in [0.4, 0.5) is 0 Å². The fourth-order valence-electron chi connectivity index (χ4n) is 2.36. The lowest BCUT2D eigenvalue weighted by Gasteiger charge is -2.21. The van der Waals surface area contributed by atoms with Crippen LogP contribution in [0.2, 0.25) is 0 Å². The van der Waals surface area contributed by atoms with Crippen molar-refractivity contribution in [3.05, 3.63) is 53.0 Å². The Hall–Kier alpha value is -1.94. The Labute approximate surface area is 126 Å². The first-order valence-corrected chi connectivity index (χ1v) is 7.32. The molecular formula is C17H23N3O. The molecule has 2 rings (SSSR count). The van der Waals surface area contributed by atoms with Gasteiger partial charge in [-0.1, -0.05) is 30.7 Å². The van der Waals surface area contributed by atoms with Gasteiger partial charge in [-0.15, -0.1) is 0 Å². The van der Waals surface area contributed by atoms with Crippen molar-refractivity contribution in [1.29, 1.82) is 0 Å². The number of aromatic nitrogens is 2. The number of rotatable bonds is 6. The molecule has 0 radical (unpaired) electrons. The van der Waals surface area contributed by atoms with Crippen molar-refractivity contribution in [2.24, 2.45) is 0 Å². The third-order valence-corrected chi connectivity index (χ3v) is 3.51. The molecule has 1 aromatic heterocycles. The van der Waals surface area contributed by atoms with E-state index in [0.29, 0.717) is 5.88 Å². The second-order valence-electron chi connectivity index (χ2n) is 5.23. The van der Waals surface area contributed by atoms with Gasteiger partial charge in [0.25, 0.3) is 0 Å². The molecule has 2 aromatic rings. The zero-order valence-electron chi connectivity index (χ0n) is 13.2. The predicted molar refractivity (Wildman–Crippen MR) is 84.6 cm³/mol. The Kier molecular flexibility index (Phi) is 5.28. The van der Waals surface area contributed by atoms with Gasteiger partial charge in [0.05, 0.1) is 18.8 Å². The lowest BCUT2D eigenvalue weighted by atomic mass is 9.96. The van der Waals surface area contributed by atoms with Crippen LogP contribution < -0.4 is 10.1 Å². The molecule has 0 aliphatic carbocycles. The molecule has 0 saturated carbocycles. The molecule has 0 fully saturated rings. The molecule has 21 heavy (non-hydrogen) atoms. The largest absolute Gasteiger partial charge is 0.481 e. The maximum atomic E-state index is 5.22. The summed E-state index contributed by atoms with van der Waals surface area (Å²) < 4.78 is 5.22. The lowest BCUT2D eigenvalue weighted by molar-refractivity contribution is 0.394. The van der Waals surface area contributed by atoms with E-state index < -0.39 is 0 Å². The van der Waals surface area contributed by atoms with E-state index in [1.54, 1.807) is 13.4 Å². The average Bonchev–Trinajstić information content (AvgIpc) is 2.51. The SMILES string of the molecule is CCCNC(c1cc(OC)ncn1)c1cc(C)ccc1C. The first kappa shape index (κ1) is 15.4. The highest BCUT2D eigenvalue weighted by Crippen LogP contribution is 2.26. The molecule has 1 unspecified atom stereocenters. The van der Waals surface area contributed by atoms with Gasteiger partial charge in [-0.25, -0.2) is 9.97 Å². The minimum atomic E-state index is 0.0572. The van der Waals surface area contributed by atoms with E-state index in [1.165, 1.54) is 16.7 Å². The molecule has 1 heterocycles. The second-order valence-corrected chi connectivity index (χ2v) is 5.23. The van der Waals surface area contributed by atoms with Gasteiger partial charge in [0.1, 0.15) is 6.33 Å². The number of methoxy groups -OCH3 is 1. The van der Waals surface area contributed by atoms with E-state index in [9.17, 15) is 0 Å². The van der Waals surface area contributed by atoms with Crippen molar-refractivity contribution in [3.8, 4) is 5.88 Å². The van der Waals surface area contributed by atoms with Gasteiger partial charge in [0.15, 0.2) is 0 Å². The van der Waals surface area contributed by atoms with Crippen LogP contribution in [0.25, 0.3) is 0 Å². The molecule has 0 bridgehead atoms. The van der Waals surface area contributed by atoms with Crippen LogP contribution in [0.3, 0.4) is 0 Å². The van der Waals surface area contributed by atoms with E-state index in [1.807, 2.05) is 6.07 Å². The Morgan fingerprint density at radius 2 is 2.00 bits per heavy atom. The molecule has 1 atom stereocenters. The van der Waals surface area contributed by atoms with Crippen molar-refractivity contribution >= 4 is 0 Å². The molecule has 0 saturated heterocycles. The molecule has 0 aliphatic rings. The van der Waals surface area contributed by atoms with Gasteiger partial charge in [-0.2, -0.15) is 0 Å². The summed E-state index contributed by atoms with van der Waals surface area (Å²) >= 11 is 0. The molecule has 1 N–H and O–H groups in total. The Balaban J connectivity index is 2.44. The quantitative estimate of drug-likeness (QED) is 0.885. The molecular weight excluding hydrogens is 262 g/mol. The van der Waals surface area contributed by atoms with Crippen molar-refractivity contribution in [1.82, 2.24) is 15.3 Å². The highest BCUT2D eigenvalue weighted by Gasteiger charge is 2.18. The van der Waals surface area contributed by atoms with E-state index in [2.05, 4.69) is 54.3 Å². The zero-order chi connectivity index (χ0) is 15.2. The van der Waals surface area contributed by atoms with E-state index in [-0.39, 0.29) is 6.04 Å². The summed E-state index contributed by atoms with van der Waals surface area (Å²) in [6.45, 7) is 7.34. The Morgan fingerprint density at radius 1 is 1.19 bits per heavy atom. The summed E-state index contributed by atoms with van der Waals surface area (Å²) in [5, 5.41) is 3.58. The molecule has 4 nitrogen and oxygen atoms in total. The number of nitrogens with zero attached hydrogens (tertiary/aromatic N) is 2. The van der Waals surface area contributed by atoms with Crippen LogP contribution in [0.5, 0.6) is 5.88 Å². The highest BCUT2D eigenvalue weighted by molar-refractivity contribution is 5.37. The molecule has 0 amide bonds. The summed E-state index contributed by atoms with van der Waals surface area (Å²) in [5.74, 6) is 0.591. The minimum absolute atomic E-state index is 0.0572. The number of aryl methyl sites for hydroxylation is 2. The van der Waals surface area contributed by atoms with Gasteiger partial charge in [0.2, 0.25) is 5.88 Å². The number of nitrogens with one attached hydrogen (secondary N) is 1. The first-order valence-electron chi connectivity index (χ1n) is 7.32. The predicted octanol–water partition coefficient (Wildman–Crippen LogP) is 3.19. The minimum Gasteiger partial charge on any atom is -0.481 e. The van der Waals surface area contributed by atoms with E-state index in [0.717, 1.165) is 18.7 Å². The van der Waals surface area contributed by atoms with Gasteiger partial charge in [-0.05, 0) is 37.9 Å². The fourth-order valence-corrected chi connectivity index (χ4v) is 2.36. The third-order valence-electron chi connectivity index (χ3n) is 3.51. The van der Waals surface area contributed by atoms with Crippen LogP contribution in [0, 0.1) is 13.8 Å². The first-order chi connectivity index (χ1) is 10.2. The normalized spacial score (nSPS) is 12.2. The summed E-state index contributed by atoms with van der Waals surface area (Å²) in [7, 11) is 1.62. The molecule has 4 heteroatoms. The average molecular weight is 285 g/mol. The smallest absolute Gasteiger partial charge is 0.216 e. The zero-order valence-corrected chi connectivity index (χ0v) is 13.2. The Bertz CT molecular complexity index is 598. The standard InChI is InChI=1S/C17H23N3O/c1-5-8-18-17(14-9-12(2)6-7-13(14)3)15-10-16(21-4)20-11-19-15/h6-7,9-11,17-18H,5,8H2,1-4H3. The summed E-state index contributed by atoms with van der Waals surface area (Å²) in [6, 6.07) is 8.47. The topological polar surface area (TPSA) is 47.0 Å². The van der Waals surface area contributed by atoms with Gasteiger partial charge >= 0.3 is 0 Å². The fraction of sp³-hybridized carbons (Fsp3) is 0.412. The summed E-state index contributed by atoms with van der Waals surface area (Å²) in [4.78, 5) is 8.53. The number of hydrogen-bond donors (Lipinski definition) is 1. The van der Waals surface area contributed by atoms with Gasteiger partial charge < -0.3 is 10.1 Å². The maximum absolute atomic E-state index is 5.22. The molecule has 0 spiro atoms. The monoisotopic (exact) mass is 285 g/mol. The number of ether oxygens (including phenoxy) is 1. The van der Waals surface area contributed by atoms with Gasteiger partial charge in [-0.3, -0.25) is 0 Å². The molecule has 1 aromatic carbocycles. The highest BCUT2D eigenvalue weighted by atomic mass is 16.5. The molecule has 112 valence electrons.